The number of amides is 1. The van der Waals surface area contributed by atoms with Gasteiger partial charge in [0.25, 0.3) is 5.91 Å². The second kappa shape index (κ2) is 5.40. The van der Waals surface area contributed by atoms with Gasteiger partial charge in [-0.2, -0.15) is 0 Å². The fraction of sp³-hybridized carbons (Fsp3) is 0.417. The number of hydrogen-bond donors (Lipinski definition) is 2. The van der Waals surface area contributed by atoms with Crippen LogP contribution in [0.3, 0.4) is 0 Å². The molecule has 0 bridgehead atoms. The summed E-state index contributed by atoms with van der Waals surface area (Å²) in [6.45, 7) is 0.625. The van der Waals surface area contributed by atoms with Gasteiger partial charge in [-0.25, -0.2) is 0 Å². The van der Waals surface area contributed by atoms with Crippen LogP contribution in [0.2, 0.25) is 0 Å². The fourth-order valence-electron chi connectivity index (χ4n) is 1.57. The molecular weight excluding hydrogens is 350 g/mol. The van der Waals surface area contributed by atoms with E-state index < -0.39 is 0 Å². The summed E-state index contributed by atoms with van der Waals surface area (Å²) in [5.74, 6) is 0.627. The van der Waals surface area contributed by atoms with Gasteiger partial charge in [0.2, 0.25) is 0 Å². The van der Waals surface area contributed by atoms with Gasteiger partial charge in [-0.15, -0.1) is 0 Å². The van der Waals surface area contributed by atoms with Gasteiger partial charge in [0.15, 0.2) is 0 Å². The largest absolute Gasteiger partial charge is 0.507 e. The lowest BCUT2D eigenvalue weighted by atomic mass is 10.2. The molecule has 0 radical (unpaired) electrons. The minimum atomic E-state index is -0.155. The van der Waals surface area contributed by atoms with E-state index in [0.717, 1.165) is 0 Å². The van der Waals surface area contributed by atoms with Crippen molar-refractivity contribution in [3.63, 3.8) is 0 Å². The Hall–Kier alpha value is -0.550. The van der Waals surface area contributed by atoms with Crippen LogP contribution in [-0.4, -0.2) is 22.4 Å². The maximum absolute atomic E-state index is 11.8. The van der Waals surface area contributed by atoms with Gasteiger partial charge in [-0.3, -0.25) is 4.79 Å². The first kappa shape index (κ1) is 12.9. The number of carbonyl (C=O) groups is 1. The third kappa shape index (κ3) is 3.45. The number of nitrogens with one attached hydrogen (secondary N) is 1. The van der Waals surface area contributed by atoms with Gasteiger partial charge in [-0.05, 0) is 52.9 Å². The van der Waals surface area contributed by atoms with E-state index in [-0.39, 0.29) is 11.7 Å². The number of hydrogen-bond acceptors (Lipinski definition) is 2. The van der Waals surface area contributed by atoms with Crippen LogP contribution >= 0.6 is 31.9 Å². The van der Waals surface area contributed by atoms with Crippen molar-refractivity contribution in [3.05, 3.63) is 28.2 Å². The van der Waals surface area contributed by atoms with E-state index in [4.69, 9.17) is 0 Å². The third-order valence-electron chi connectivity index (χ3n) is 2.80. The molecule has 1 fully saturated rings. The predicted octanol–water partition coefficient (Wildman–Crippen LogP) is 3.06. The van der Waals surface area contributed by atoms with Crippen molar-refractivity contribution in [2.24, 2.45) is 5.92 Å². The first-order valence-electron chi connectivity index (χ1n) is 5.48. The lowest BCUT2D eigenvalue weighted by Crippen LogP contribution is -2.30. The molecular formula is C12H13Br2NO2. The fourth-order valence-corrected chi connectivity index (χ4v) is 2.51. The minimum Gasteiger partial charge on any atom is -0.507 e. The summed E-state index contributed by atoms with van der Waals surface area (Å²) >= 11 is 6.74. The molecule has 1 aliphatic carbocycles. The summed E-state index contributed by atoms with van der Waals surface area (Å²) in [7, 11) is 0. The van der Waals surface area contributed by atoms with Crippen molar-refractivity contribution < 1.29 is 9.90 Å². The van der Waals surface area contributed by atoms with Gasteiger partial charge < -0.3 is 10.4 Å². The SMILES string of the molecule is O=C(NCC(Br)C1CC1)c1ccc(Br)c(O)c1. The summed E-state index contributed by atoms with van der Waals surface area (Å²) in [6, 6.07) is 4.80. The zero-order valence-corrected chi connectivity index (χ0v) is 12.3. The molecule has 0 saturated heterocycles. The lowest BCUT2D eigenvalue weighted by molar-refractivity contribution is 0.0953. The smallest absolute Gasteiger partial charge is 0.251 e. The van der Waals surface area contributed by atoms with Crippen LogP contribution in [0.4, 0.5) is 0 Å². The highest BCUT2D eigenvalue weighted by Crippen LogP contribution is 2.36. The number of aromatic hydroxyl groups is 1. The Morgan fingerprint density at radius 2 is 2.24 bits per heavy atom. The van der Waals surface area contributed by atoms with Crippen LogP contribution in [0.5, 0.6) is 5.75 Å². The van der Waals surface area contributed by atoms with E-state index in [1.807, 2.05) is 0 Å². The van der Waals surface area contributed by atoms with Gasteiger partial charge >= 0.3 is 0 Å². The average molecular weight is 363 g/mol. The summed E-state index contributed by atoms with van der Waals surface area (Å²) in [6.07, 6.45) is 2.48. The molecule has 0 heterocycles. The van der Waals surface area contributed by atoms with Crippen LogP contribution in [-0.2, 0) is 0 Å². The van der Waals surface area contributed by atoms with Crippen molar-refractivity contribution in [1.82, 2.24) is 5.32 Å². The average Bonchev–Trinajstić information content (AvgIpc) is 3.13. The van der Waals surface area contributed by atoms with E-state index in [9.17, 15) is 9.90 Å². The number of carbonyl (C=O) groups excluding carboxylic acids is 1. The zero-order chi connectivity index (χ0) is 12.4. The molecule has 17 heavy (non-hydrogen) atoms. The molecule has 1 saturated carbocycles. The molecule has 1 aromatic carbocycles. The van der Waals surface area contributed by atoms with Crippen LogP contribution < -0.4 is 5.32 Å². The number of phenolic OH excluding ortho intramolecular Hbond substituents is 1. The van der Waals surface area contributed by atoms with E-state index >= 15 is 0 Å². The second-order valence-corrected chi connectivity index (χ2v) is 6.26. The number of rotatable bonds is 4. The highest BCUT2D eigenvalue weighted by atomic mass is 79.9. The van der Waals surface area contributed by atoms with Crippen molar-refractivity contribution >= 4 is 37.8 Å². The first-order valence-corrected chi connectivity index (χ1v) is 7.19. The molecule has 3 nitrogen and oxygen atoms in total. The predicted molar refractivity (Wildman–Crippen MR) is 73.6 cm³/mol. The van der Waals surface area contributed by atoms with Crippen molar-refractivity contribution in [2.75, 3.05) is 6.54 Å². The topological polar surface area (TPSA) is 49.3 Å². The van der Waals surface area contributed by atoms with Crippen molar-refractivity contribution in [3.8, 4) is 5.75 Å². The molecule has 1 atom stereocenters. The molecule has 1 amide bonds. The number of benzene rings is 1. The molecule has 2 rings (SSSR count). The third-order valence-corrected chi connectivity index (χ3v) is 4.54. The standard InChI is InChI=1S/C12H13Br2NO2/c13-9-4-3-8(5-11(9)16)12(17)15-6-10(14)7-1-2-7/h3-5,7,10,16H,1-2,6H2,(H,15,17). The molecule has 0 spiro atoms. The van der Waals surface area contributed by atoms with Crippen LogP contribution in [0, 0.1) is 5.92 Å². The number of halogens is 2. The molecule has 92 valence electrons. The molecule has 2 N–H and O–H groups in total. The monoisotopic (exact) mass is 361 g/mol. The van der Waals surface area contributed by atoms with Crippen LogP contribution in [0.25, 0.3) is 0 Å². The molecule has 0 aliphatic heterocycles. The lowest BCUT2D eigenvalue weighted by Gasteiger charge is -2.10. The van der Waals surface area contributed by atoms with Crippen molar-refractivity contribution in [1.29, 1.82) is 0 Å². The summed E-state index contributed by atoms with van der Waals surface area (Å²) in [5, 5.41) is 12.3. The molecule has 0 aromatic heterocycles. The maximum Gasteiger partial charge on any atom is 0.251 e. The molecule has 1 unspecified atom stereocenters. The summed E-state index contributed by atoms with van der Waals surface area (Å²) in [5.41, 5.74) is 0.473. The Kier molecular flexibility index (Phi) is 4.09. The Morgan fingerprint density at radius 3 is 2.82 bits per heavy atom. The van der Waals surface area contributed by atoms with Crippen molar-refractivity contribution in [2.45, 2.75) is 17.7 Å². The van der Waals surface area contributed by atoms with Gasteiger partial charge in [0.1, 0.15) is 5.75 Å². The van der Waals surface area contributed by atoms with E-state index in [1.54, 1.807) is 12.1 Å². The van der Waals surface area contributed by atoms with Gasteiger partial charge in [0, 0.05) is 16.9 Å². The highest BCUT2D eigenvalue weighted by molar-refractivity contribution is 9.10. The van der Waals surface area contributed by atoms with Gasteiger partial charge in [0.05, 0.1) is 4.47 Å². The maximum atomic E-state index is 11.8. The first-order chi connectivity index (χ1) is 8.08. The quantitative estimate of drug-likeness (QED) is 0.808. The molecule has 1 aromatic rings. The molecule has 5 heteroatoms. The normalized spacial score (nSPS) is 16.6. The zero-order valence-electron chi connectivity index (χ0n) is 9.12. The number of phenols is 1. The van der Waals surface area contributed by atoms with Crippen LogP contribution in [0.1, 0.15) is 23.2 Å². The van der Waals surface area contributed by atoms with E-state index in [1.165, 1.54) is 18.9 Å². The van der Waals surface area contributed by atoms with E-state index in [2.05, 4.69) is 37.2 Å². The highest BCUT2D eigenvalue weighted by Gasteiger charge is 2.29. The van der Waals surface area contributed by atoms with E-state index in [0.29, 0.717) is 27.3 Å². The summed E-state index contributed by atoms with van der Waals surface area (Å²) < 4.78 is 0.588. The number of alkyl halides is 1. The minimum absolute atomic E-state index is 0.0789. The van der Waals surface area contributed by atoms with Crippen LogP contribution in [0.15, 0.2) is 22.7 Å². The molecule has 1 aliphatic rings. The van der Waals surface area contributed by atoms with Gasteiger partial charge in [-0.1, -0.05) is 15.9 Å². The Labute approximate surface area is 117 Å². The second-order valence-electron chi connectivity index (χ2n) is 4.23. The Balaban J connectivity index is 1.92. The Morgan fingerprint density at radius 1 is 1.53 bits per heavy atom. The summed E-state index contributed by atoms with van der Waals surface area (Å²) in [4.78, 5) is 12.2. The Bertz CT molecular complexity index is 433.